The van der Waals surface area contributed by atoms with Crippen LogP contribution in [0.2, 0.25) is 5.02 Å². The fraction of sp³-hybridized carbons (Fsp3) is 0.294. The van der Waals surface area contributed by atoms with Crippen LogP contribution in [0.25, 0.3) is 0 Å². The second kappa shape index (κ2) is 4.96. The van der Waals surface area contributed by atoms with Gasteiger partial charge in [0.2, 0.25) is 0 Å². The number of halogens is 4. The van der Waals surface area contributed by atoms with Gasteiger partial charge in [-0.3, -0.25) is 0 Å². The van der Waals surface area contributed by atoms with E-state index in [0.29, 0.717) is 5.75 Å². The predicted molar refractivity (Wildman–Crippen MR) is 86.8 cm³/mol. The Morgan fingerprint density at radius 3 is 2.58 bits per heavy atom. The van der Waals surface area contributed by atoms with Gasteiger partial charge in [-0.05, 0) is 48.7 Å². The highest BCUT2D eigenvalue weighted by atomic mass is 35.5. The first kappa shape index (κ1) is 15.4. The zero-order valence-corrected chi connectivity index (χ0v) is 13.3. The molecule has 7 heteroatoms. The Hall–Kier alpha value is -2.08. The van der Waals surface area contributed by atoms with Crippen LogP contribution in [0.1, 0.15) is 24.0 Å². The van der Waals surface area contributed by atoms with Crippen LogP contribution in [0, 0.1) is 0 Å². The van der Waals surface area contributed by atoms with Crippen molar-refractivity contribution < 1.29 is 17.9 Å². The molecule has 1 saturated carbocycles. The number of nitrogens with one attached hydrogen (secondary N) is 1. The molecule has 24 heavy (non-hydrogen) atoms. The van der Waals surface area contributed by atoms with Gasteiger partial charge < -0.3 is 15.8 Å². The third kappa shape index (κ3) is 2.45. The third-order valence-corrected chi connectivity index (χ3v) is 4.91. The van der Waals surface area contributed by atoms with Gasteiger partial charge in [0.1, 0.15) is 11.3 Å². The summed E-state index contributed by atoms with van der Waals surface area (Å²) >= 11 is 5.96. The van der Waals surface area contributed by atoms with Crippen LogP contribution in [-0.2, 0) is 11.6 Å². The molecular weight excluding hydrogens is 341 g/mol. The van der Waals surface area contributed by atoms with Crippen LogP contribution in [0.15, 0.2) is 30.3 Å². The van der Waals surface area contributed by atoms with Gasteiger partial charge in [0.15, 0.2) is 5.75 Å². The molecule has 0 aromatic heterocycles. The van der Waals surface area contributed by atoms with Crippen LogP contribution >= 0.6 is 11.6 Å². The maximum atomic E-state index is 13.3. The summed E-state index contributed by atoms with van der Waals surface area (Å²) in [6.07, 6.45) is -2.45. The third-order valence-electron chi connectivity index (χ3n) is 4.62. The smallest absolute Gasteiger partial charge is 0.420 e. The van der Waals surface area contributed by atoms with E-state index in [4.69, 9.17) is 22.1 Å². The van der Waals surface area contributed by atoms with Crippen LogP contribution in [0.3, 0.4) is 0 Å². The lowest BCUT2D eigenvalue weighted by atomic mass is 9.98. The van der Waals surface area contributed by atoms with Crippen molar-refractivity contribution in [2.75, 3.05) is 17.6 Å². The highest BCUT2D eigenvalue weighted by Gasteiger charge is 2.49. The molecule has 1 spiro atoms. The number of ether oxygens (including phenoxy) is 1. The van der Waals surface area contributed by atoms with E-state index in [1.807, 2.05) is 6.07 Å². The van der Waals surface area contributed by atoms with Crippen molar-refractivity contribution >= 4 is 23.0 Å². The summed E-state index contributed by atoms with van der Waals surface area (Å²) in [4.78, 5) is 0. The van der Waals surface area contributed by atoms with Gasteiger partial charge in [0, 0.05) is 23.3 Å². The summed E-state index contributed by atoms with van der Waals surface area (Å²) in [6.45, 7) is 0.863. The maximum absolute atomic E-state index is 13.3. The zero-order chi connectivity index (χ0) is 17.1. The minimum Gasteiger partial charge on any atom is -0.455 e. The van der Waals surface area contributed by atoms with E-state index < -0.39 is 17.5 Å². The standard InChI is InChI=1S/C17H14ClF3N2O/c18-13-6-9(22)5-12(17(19,20)21)15(13)24-10-1-2-14-11(7-10)16(3-4-16)8-23-14/h1-2,5-7,23H,3-4,8,22H2. The largest absolute Gasteiger partial charge is 0.455 e. The fourth-order valence-electron chi connectivity index (χ4n) is 3.18. The van der Waals surface area contributed by atoms with E-state index in [9.17, 15) is 13.2 Å². The molecule has 0 saturated heterocycles. The lowest BCUT2D eigenvalue weighted by Gasteiger charge is -2.17. The fourth-order valence-corrected chi connectivity index (χ4v) is 3.45. The van der Waals surface area contributed by atoms with Crippen LogP contribution in [0.5, 0.6) is 11.5 Å². The monoisotopic (exact) mass is 354 g/mol. The molecule has 3 nitrogen and oxygen atoms in total. The van der Waals surface area contributed by atoms with Crippen molar-refractivity contribution in [2.45, 2.75) is 24.4 Å². The summed E-state index contributed by atoms with van der Waals surface area (Å²) in [5.41, 5.74) is 6.68. The van der Waals surface area contributed by atoms with Gasteiger partial charge in [-0.15, -0.1) is 0 Å². The molecule has 0 unspecified atom stereocenters. The zero-order valence-electron chi connectivity index (χ0n) is 12.5. The van der Waals surface area contributed by atoms with E-state index >= 15 is 0 Å². The van der Waals surface area contributed by atoms with Gasteiger partial charge in [0.05, 0.1) is 5.02 Å². The topological polar surface area (TPSA) is 47.3 Å². The summed E-state index contributed by atoms with van der Waals surface area (Å²) < 4.78 is 45.3. The number of hydrogen-bond donors (Lipinski definition) is 2. The number of anilines is 2. The van der Waals surface area contributed by atoms with E-state index in [1.54, 1.807) is 12.1 Å². The molecule has 0 bridgehead atoms. The van der Waals surface area contributed by atoms with E-state index in [2.05, 4.69) is 5.32 Å². The Balaban J connectivity index is 1.74. The number of fused-ring (bicyclic) bond motifs is 2. The molecule has 1 heterocycles. The van der Waals surface area contributed by atoms with Crippen molar-refractivity contribution in [3.8, 4) is 11.5 Å². The van der Waals surface area contributed by atoms with Gasteiger partial charge in [0.25, 0.3) is 0 Å². The summed E-state index contributed by atoms with van der Waals surface area (Å²) in [6, 6.07) is 7.35. The van der Waals surface area contributed by atoms with Crippen LogP contribution in [0.4, 0.5) is 24.5 Å². The molecule has 2 aliphatic rings. The summed E-state index contributed by atoms with van der Waals surface area (Å²) in [7, 11) is 0. The number of nitrogen functional groups attached to an aromatic ring is 1. The van der Waals surface area contributed by atoms with E-state index in [-0.39, 0.29) is 16.1 Å². The first-order valence-corrected chi connectivity index (χ1v) is 7.89. The molecule has 126 valence electrons. The van der Waals surface area contributed by atoms with Gasteiger partial charge in [-0.1, -0.05) is 11.6 Å². The maximum Gasteiger partial charge on any atom is 0.420 e. The second-order valence-electron chi connectivity index (χ2n) is 6.32. The Morgan fingerprint density at radius 2 is 1.92 bits per heavy atom. The molecule has 0 radical (unpaired) electrons. The average molecular weight is 355 g/mol. The van der Waals surface area contributed by atoms with Crippen LogP contribution < -0.4 is 15.8 Å². The summed E-state index contributed by atoms with van der Waals surface area (Å²) in [5.74, 6) is -0.0879. The molecule has 1 aliphatic heterocycles. The minimum atomic E-state index is -4.61. The molecule has 2 aromatic rings. The summed E-state index contributed by atoms with van der Waals surface area (Å²) in [5, 5.41) is 3.16. The second-order valence-corrected chi connectivity index (χ2v) is 6.73. The van der Waals surface area contributed by atoms with Crippen molar-refractivity contribution in [3.63, 3.8) is 0 Å². The Bertz CT molecular complexity index is 831. The molecule has 1 aliphatic carbocycles. The van der Waals surface area contributed by atoms with Crippen molar-refractivity contribution in [2.24, 2.45) is 0 Å². The first-order chi connectivity index (χ1) is 11.3. The quantitative estimate of drug-likeness (QED) is 0.729. The SMILES string of the molecule is Nc1cc(Cl)c(Oc2ccc3c(c2)C2(CC2)CN3)c(C(F)(F)F)c1. The van der Waals surface area contributed by atoms with Crippen LogP contribution in [-0.4, -0.2) is 6.54 Å². The number of rotatable bonds is 2. The predicted octanol–water partition coefficient (Wildman–Crippen LogP) is 5.19. The number of alkyl halides is 3. The lowest BCUT2D eigenvalue weighted by Crippen LogP contribution is -2.09. The van der Waals surface area contributed by atoms with E-state index in [0.717, 1.165) is 36.7 Å². The molecular formula is C17H14ClF3N2O. The molecule has 2 aromatic carbocycles. The molecule has 0 amide bonds. The number of nitrogens with two attached hydrogens (primary N) is 1. The van der Waals surface area contributed by atoms with E-state index in [1.165, 1.54) is 6.07 Å². The molecule has 0 atom stereocenters. The van der Waals surface area contributed by atoms with Crippen molar-refractivity contribution in [1.82, 2.24) is 0 Å². The minimum absolute atomic E-state index is 0.0604. The van der Waals surface area contributed by atoms with Crippen molar-refractivity contribution in [3.05, 3.63) is 46.5 Å². The lowest BCUT2D eigenvalue weighted by molar-refractivity contribution is -0.138. The number of benzene rings is 2. The Labute approximate surface area is 141 Å². The Kier molecular flexibility index (Phi) is 3.19. The average Bonchev–Trinajstić information content (AvgIpc) is 3.19. The van der Waals surface area contributed by atoms with Gasteiger partial charge in [-0.25, -0.2) is 0 Å². The van der Waals surface area contributed by atoms with Gasteiger partial charge >= 0.3 is 6.18 Å². The first-order valence-electron chi connectivity index (χ1n) is 7.51. The van der Waals surface area contributed by atoms with Gasteiger partial charge in [-0.2, -0.15) is 13.2 Å². The molecule has 3 N–H and O–H groups in total. The normalized spacial score (nSPS) is 17.5. The molecule has 4 rings (SSSR count). The van der Waals surface area contributed by atoms with Crippen molar-refractivity contribution in [1.29, 1.82) is 0 Å². The Morgan fingerprint density at radius 1 is 1.17 bits per heavy atom. The molecule has 1 fully saturated rings. The highest BCUT2D eigenvalue weighted by Crippen LogP contribution is 2.55. The number of hydrogen-bond acceptors (Lipinski definition) is 3. The highest BCUT2D eigenvalue weighted by molar-refractivity contribution is 6.32.